The van der Waals surface area contributed by atoms with Gasteiger partial charge in [-0.1, -0.05) is 41.0 Å². The molecular formula is C15H33NO. The average molecular weight is 243 g/mol. The zero-order valence-electron chi connectivity index (χ0n) is 12.9. The highest BCUT2D eigenvalue weighted by Crippen LogP contribution is 2.36. The molecule has 1 heterocycles. The molecule has 0 unspecified atom stereocenters. The molecule has 0 saturated carbocycles. The smallest absolute Gasteiger partial charge is 0.0545 e. The third-order valence-electron chi connectivity index (χ3n) is 3.30. The lowest BCUT2D eigenvalue weighted by Crippen LogP contribution is -2.44. The number of hydrogen-bond acceptors (Lipinski definition) is 2. The fraction of sp³-hybridized carbons (Fsp3) is 1.00. The Morgan fingerprint density at radius 2 is 1.76 bits per heavy atom. The predicted molar refractivity (Wildman–Crippen MR) is 76.5 cm³/mol. The third-order valence-corrected chi connectivity index (χ3v) is 3.30. The van der Waals surface area contributed by atoms with Crippen molar-refractivity contribution in [1.29, 1.82) is 0 Å². The minimum Gasteiger partial charge on any atom is -0.380 e. The molecule has 104 valence electrons. The Labute approximate surface area is 109 Å². The third kappa shape index (κ3) is 6.42. The summed E-state index contributed by atoms with van der Waals surface area (Å²) in [5, 5.41) is 0. The molecule has 0 spiro atoms. The quantitative estimate of drug-likeness (QED) is 0.674. The van der Waals surface area contributed by atoms with Crippen molar-refractivity contribution < 1.29 is 4.74 Å². The summed E-state index contributed by atoms with van der Waals surface area (Å²) < 4.78 is 5.39. The molecule has 0 aromatic rings. The Hall–Kier alpha value is -0.0800. The summed E-state index contributed by atoms with van der Waals surface area (Å²) in [6, 6.07) is 0. The Morgan fingerprint density at radius 3 is 2.12 bits per heavy atom. The number of nitrogens with zero attached hydrogens (tertiary/aromatic N) is 1. The average Bonchev–Trinajstić information content (AvgIpc) is 2.24. The van der Waals surface area contributed by atoms with Gasteiger partial charge in [0.05, 0.1) is 13.2 Å². The molecule has 1 aliphatic rings. The zero-order chi connectivity index (χ0) is 13.3. The first-order valence-electron chi connectivity index (χ1n) is 7.34. The molecule has 0 N–H and O–H groups in total. The first-order chi connectivity index (χ1) is 8.08. The van der Waals surface area contributed by atoms with Gasteiger partial charge in [-0.2, -0.15) is 0 Å². The van der Waals surface area contributed by atoms with E-state index in [0.29, 0.717) is 5.41 Å². The number of rotatable bonds is 7. The highest BCUT2D eigenvalue weighted by atomic mass is 16.5. The lowest BCUT2D eigenvalue weighted by Gasteiger charge is -2.42. The molecule has 2 heteroatoms. The molecule has 0 aromatic heterocycles. The van der Waals surface area contributed by atoms with Gasteiger partial charge < -0.3 is 9.64 Å². The van der Waals surface area contributed by atoms with Crippen LogP contribution >= 0.6 is 0 Å². The molecule has 17 heavy (non-hydrogen) atoms. The van der Waals surface area contributed by atoms with Crippen LogP contribution in [-0.2, 0) is 4.74 Å². The highest BCUT2D eigenvalue weighted by Gasteiger charge is 2.37. The normalized spacial score (nSPS) is 17.6. The molecular weight excluding hydrogens is 210 g/mol. The number of ether oxygens (including phenoxy) is 1. The van der Waals surface area contributed by atoms with Crippen molar-refractivity contribution in [3.8, 4) is 0 Å². The van der Waals surface area contributed by atoms with E-state index in [-0.39, 0.29) is 0 Å². The van der Waals surface area contributed by atoms with Crippen molar-refractivity contribution >= 4 is 0 Å². The van der Waals surface area contributed by atoms with Crippen molar-refractivity contribution in [2.45, 2.75) is 53.9 Å². The largest absolute Gasteiger partial charge is 0.380 e. The van der Waals surface area contributed by atoms with E-state index in [1.165, 1.54) is 32.4 Å². The standard InChI is InChI=1S/C13H27NO.C2H6/c1-5-6-13(10-15-11-13)7-8-14(4)9-12(2)3;1-2/h12H,5-11H2,1-4H3;1-2H3. The maximum Gasteiger partial charge on any atom is 0.0545 e. The van der Waals surface area contributed by atoms with E-state index in [0.717, 1.165) is 19.1 Å². The van der Waals surface area contributed by atoms with Crippen molar-refractivity contribution in [2.75, 3.05) is 33.4 Å². The van der Waals surface area contributed by atoms with Crippen molar-refractivity contribution in [3.05, 3.63) is 0 Å². The van der Waals surface area contributed by atoms with Gasteiger partial charge in [-0.05, 0) is 32.4 Å². The van der Waals surface area contributed by atoms with Gasteiger partial charge in [-0.3, -0.25) is 0 Å². The first-order valence-corrected chi connectivity index (χ1v) is 7.34. The summed E-state index contributed by atoms with van der Waals surface area (Å²) in [5.74, 6) is 0.773. The molecule has 0 atom stereocenters. The Bertz CT molecular complexity index is 176. The molecule has 1 fully saturated rings. The highest BCUT2D eigenvalue weighted by molar-refractivity contribution is 4.85. The van der Waals surface area contributed by atoms with Crippen LogP contribution in [0.4, 0.5) is 0 Å². The van der Waals surface area contributed by atoms with Crippen LogP contribution in [0.3, 0.4) is 0 Å². The van der Waals surface area contributed by atoms with Crippen LogP contribution in [-0.4, -0.2) is 38.3 Å². The molecule has 0 radical (unpaired) electrons. The van der Waals surface area contributed by atoms with E-state index in [9.17, 15) is 0 Å². The number of hydrogen-bond donors (Lipinski definition) is 0. The fourth-order valence-electron chi connectivity index (χ4n) is 2.48. The molecule has 0 bridgehead atoms. The summed E-state index contributed by atoms with van der Waals surface area (Å²) in [7, 11) is 2.24. The Kier molecular flexibility index (Phi) is 8.89. The zero-order valence-corrected chi connectivity index (χ0v) is 12.9. The summed E-state index contributed by atoms with van der Waals surface area (Å²) in [6.45, 7) is 15.3. The van der Waals surface area contributed by atoms with E-state index in [4.69, 9.17) is 4.74 Å². The van der Waals surface area contributed by atoms with Crippen LogP contribution in [0.15, 0.2) is 0 Å². The predicted octanol–water partition coefficient (Wildman–Crippen LogP) is 3.81. The van der Waals surface area contributed by atoms with Gasteiger partial charge in [-0.25, -0.2) is 0 Å². The minimum atomic E-state index is 0.528. The van der Waals surface area contributed by atoms with E-state index in [1.54, 1.807) is 0 Å². The molecule has 1 saturated heterocycles. The van der Waals surface area contributed by atoms with Crippen LogP contribution < -0.4 is 0 Å². The van der Waals surface area contributed by atoms with E-state index < -0.39 is 0 Å². The van der Waals surface area contributed by atoms with Gasteiger partial charge in [0, 0.05) is 12.0 Å². The lowest BCUT2D eigenvalue weighted by molar-refractivity contribution is -0.124. The molecule has 0 amide bonds. The second-order valence-corrected chi connectivity index (χ2v) is 5.65. The van der Waals surface area contributed by atoms with Crippen LogP contribution in [0.2, 0.25) is 0 Å². The van der Waals surface area contributed by atoms with Crippen LogP contribution in [0, 0.1) is 11.3 Å². The van der Waals surface area contributed by atoms with Crippen molar-refractivity contribution in [3.63, 3.8) is 0 Å². The van der Waals surface area contributed by atoms with Crippen molar-refractivity contribution in [2.24, 2.45) is 11.3 Å². The molecule has 1 rings (SSSR count). The van der Waals surface area contributed by atoms with Gasteiger partial charge in [0.25, 0.3) is 0 Å². The van der Waals surface area contributed by atoms with Gasteiger partial charge >= 0.3 is 0 Å². The summed E-state index contributed by atoms with van der Waals surface area (Å²) in [5.41, 5.74) is 0.528. The maximum atomic E-state index is 5.39. The van der Waals surface area contributed by atoms with Gasteiger partial charge in [0.1, 0.15) is 0 Å². The van der Waals surface area contributed by atoms with E-state index in [1.807, 2.05) is 13.8 Å². The first kappa shape index (κ1) is 16.9. The monoisotopic (exact) mass is 243 g/mol. The molecule has 2 nitrogen and oxygen atoms in total. The van der Waals surface area contributed by atoms with Crippen LogP contribution in [0.25, 0.3) is 0 Å². The van der Waals surface area contributed by atoms with Crippen molar-refractivity contribution in [1.82, 2.24) is 4.90 Å². The minimum absolute atomic E-state index is 0.528. The summed E-state index contributed by atoms with van der Waals surface area (Å²) in [6.07, 6.45) is 3.93. The Balaban J connectivity index is 0.00000121. The van der Waals surface area contributed by atoms with E-state index >= 15 is 0 Å². The fourth-order valence-corrected chi connectivity index (χ4v) is 2.48. The van der Waals surface area contributed by atoms with Gasteiger partial charge in [0.15, 0.2) is 0 Å². The van der Waals surface area contributed by atoms with E-state index in [2.05, 4.69) is 32.7 Å². The second kappa shape index (κ2) is 8.93. The molecule has 1 aliphatic heterocycles. The topological polar surface area (TPSA) is 12.5 Å². The lowest BCUT2D eigenvalue weighted by atomic mass is 9.78. The van der Waals surface area contributed by atoms with Gasteiger partial charge in [-0.15, -0.1) is 0 Å². The second-order valence-electron chi connectivity index (χ2n) is 5.65. The van der Waals surface area contributed by atoms with Gasteiger partial charge in [0.2, 0.25) is 0 Å². The molecule has 0 aliphatic carbocycles. The maximum absolute atomic E-state index is 5.39. The van der Waals surface area contributed by atoms with Crippen LogP contribution in [0.1, 0.15) is 53.9 Å². The summed E-state index contributed by atoms with van der Waals surface area (Å²) >= 11 is 0. The molecule has 0 aromatic carbocycles. The Morgan fingerprint density at radius 1 is 1.18 bits per heavy atom. The summed E-state index contributed by atoms with van der Waals surface area (Å²) in [4.78, 5) is 2.46. The SMILES string of the molecule is CC.CCCC1(CCN(C)CC(C)C)COC1. The van der Waals surface area contributed by atoms with Crippen LogP contribution in [0.5, 0.6) is 0 Å².